The second kappa shape index (κ2) is 5.68. The Morgan fingerprint density at radius 2 is 1.85 bits per heavy atom. The van der Waals surface area contributed by atoms with Crippen LogP contribution in [0.4, 0.5) is 0 Å². The van der Waals surface area contributed by atoms with Crippen molar-refractivity contribution in [2.24, 2.45) is 0 Å². The molecule has 2 aromatic carbocycles. The van der Waals surface area contributed by atoms with Gasteiger partial charge in [-0.05, 0) is 42.6 Å². The molecule has 2 heteroatoms. The maximum atomic E-state index is 5.35. The average Bonchev–Trinajstić information content (AvgIpc) is 2.97. The van der Waals surface area contributed by atoms with E-state index in [0.717, 1.165) is 12.3 Å². The third kappa shape index (κ3) is 2.44. The maximum absolute atomic E-state index is 5.35. The molecule has 1 aliphatic heterocycles. The molecule has 1 saturated heterocycles. The minimum absolute atomic E-state index is 0.405. The topological polar surface area (TPSA) is 21.3 Å². The smallest absolute Gasteiger partial charge is 0.121 e. The second-order valence-electron chi connectivity index (χ2n) is 5.47. The van der Waals surface area contributed by atoms with E-state index in [1.807, 2.05) is 0 Å². The van der Waals surface area contributed by atoms with Crippen molar-refractivity contribution in [1.82, 2.24) is 5.32 Å². The van der Waals surface area contributed by atoms with E-state index in [1.54, 1.807) is 7.11 Å². The molecule has 2 unspecified atom stereocenters. The summed E-state index contributed by atoms with van der Waals surface area (Å²) in [5.74, 6) is 1.52. The van der Waals surface area contributed by atoms with E-state index in [9.17, 15) is 0 Å². The number of nitrogens with one attached hydrogen (secondary N) is 1. The van der Waals surface area contributed by atoms with Crippen molar-refractivity contribution in [2.45, 2.75) is 25.3 Å². The van der Waals surface area contributed by atoms with Crippen molar-refractivity contribution in [2.75, 3.05) is 13.7 Å². The Balaban J connectivity index is 1.91. The minimum atomic E-state index is 0.405. The van der Waals surface area contributed by atoms with Gasteiger partial charge in [-0.1, -0.05) is 42.5 Å². The van der Waals surface area contributed by atoms with Crippen molar-refractivity contribution in [3.8, 4) is 5.75 Å². The Morgan fingerprint density at radius 3 is 2.55 bits per heavy atom. The summed E-state index contributed by atoms with van der Waals surface area (Å²) >= 11 is 0. The van der Waals surface area contributed by atoms with Crippen LogP contribution in [0.15, 0.2) is 48.5 Å². The molecule has 1 fully saturated rings. The van der Waals surface area contributed by atoms with Crippen molar-refractivity contribution in [3.05, 3.63) is 65.2 Å². The summed E-state index contributed by atoms with van der Waals surface area (Å²) in [5.41, 5.74) is 3.98. The molecule has 0 amide bonds. The maximum Gasteiger partial charge on any atom is 0.121 e. The fraction of sp³-hybridized carbons (Fsp3) is 0.333. The number of rotatable bonds is 3. The average molecular weight is 267 g/mol. The van der Waals surface area contributed by atoms with Gasteiger partial charge in [0.1, 0.15) is 5.75 Å². The molecule has 0 radical (unpaired) electrons. The SMILES string of the molecule is COc1ccc(C2NCCC2c2ccccc2)cc1C. The summed E-state index contributed by atoms with van der Waals surface area (Å²) in [5, 5.41) is 3.65. The van der Waals surface area contributed by atoms with Gasteiger partial charge in [0.25, 0.3) is 0 Å². The first-order valence-corrected chi connectivity index (χ1v) is 7.22. The summed E-state index contributed by atoms with van der Waals surface area (Å²) in [4.78, 5) is 0. The van der Waals surface area contributed by atoms with Crippen LogP contribution in [0, 0.1) is 6.92 Å². The molecular weight excluding hydrogens is 246 g/mol. The molecule has 3 rings (SSSR count). The van der Waals surface area contributed by atoms with Crippen molar-refractivity contribution < 1.29 is 4.74 Å². The van der Waals surface area contributed by atoms with Crippen LogP contribution < -0.4 is 10.1 Å². The van der Waals surface area contributed by atoms with E-state index in [1.165, 1.54) is 23.1 Å². The quantitative estimate of drug-likeness (QED) is 0.912. The minimum Gasteiger partial charge on any atom is -0.496 e. The van der Waals surface area contributed by atoms with Crippen LogP contribution in [0.25, 0.3) is 0 Å². The molecule has 0 saturated carbocycles. The monoisotopic (exact) mass is 267 g/mol. The Labute approximate surface area is 120 Å². The summed E-state index contributed by atoms with van der Waals surface area (Å²) < 4.78 is 5.35. The largest absolute Gasteiger partial charge is 0.496 e. The van der Waals surface area contributed by atoms with Gasteiger partial charge in [0.05, 0.1) is 7.11 Å². The summed E-state index contributed by atoms with van der Waals surface area (Å²) in [6.07, 6.45) is 1.19. The lowest BCUT2D eigenvalue weighted by Crippen LogP contribution is -2.17. The number of ether oxygens (including phenoxy) is 1. The molecular formula is C18H21NO. The summed E-state index contributed by atoms with van der Waals surface area (Å²) in [6, 6.07) is 17.7. The highest BCUT2D eigenvalue weighted by molar-refractivity contribution is 5.39. The van der Waals surface area contributed by atoms with Crippen LogP contribution in [0.5, 0.6) is 5.75 Å². The third-order valence-corrected chi connectivity index (χ3v) is 4.23. The van der Waals surface area contributed by atoms with Gasteiger partial charge in [-0.2, -0.15) is 0 Å². The van der Waals surface area contributed by atoms with E-state index in [-0.39, 0.29) is 0 Å². The first kappa shape index (κ1) is 13.2. The van der Waals surface area contributed by atoms with E-state index >= 15 is 0 Å². The lowest BCUT2D eigenvalue weighted by molar-refractivity contribution is 0.411. The second-order valence-corrected chi connectivity index (χ2v) is 5.47. The zero-order valence-corrected chi connectivity index (χ0v) is 12.1. The highest BCUT2D eigenvalue weighted by Crippen LogP contribution is 2.38. The highest BCUT2D eigenvalue weighted by Gasteiger charge is 2.29. The van der Waals surface area contributed by atoms with Crippen LogP contribution in [0.3, 0.4) is 0 Å². The van der Waals surface area contributed by atoms with Gasteiger partial charge < -0.3 is 10.1 Å². The fourth-order valence-electron chi connectivity index (χ4n) is 3.21. The fourth-order valence-corrected chi connectivity index (χ4v) is 3.21. The van der Waals surface area contributed by atoms with Crippen LogP contribution >= 0.6 is 0 Å². The van der Waals surface area contributed by atoms with Crippen LogP contribution in [0.1, 0.15) is 35.1 Å². The molecule has 0 spiro atoms. The van der Waals surface area contributed by atoms with Crippen LogP contribution in [-0.4, -0.2) is 13.7 Å². The molecule has 2 aromatic rings. The van der Waals surface area contributed by atoms with Gasteiger partial charge in [0.15, 0.2) is 0 Å². The normalized spacial score (nSPS) is 21.9. The van der Waals surface area contributed by atoms with Gasteiger partial charge >= 0.3 is 0 Å². The number of methoxy groups -OCH3 is 1. The van der Waals surface area contributed by atoms with Crippen molar-refractivity contribution >= 4 is 0 Å². The molecule has 1 aliphatic rings. The standard InChI is InChI=1S/C18H21NO/c1-13-12-15(8-9-17(13)20-2)18-16(10-11-19-18)14-6-4-3-5-7-14/h3-9,12,16,18-19H,10-11H2,1-2H3. The van der Waals surface area contributed by atoms with E-state index in [0.29, 0.717) is 12.0 Å². The molecule has 20 heavy (non-hydrogen) atoms. The van der Waals surface area contributed by atoms with Gasteiger partial charge in [0, 0.05) is 12.0 Å². The Bertz CT molecular complexity index is 579. The highest BCUT2D eigenvalue weighted by atomic mass is 16.5. The van der Waals surface area contributed by atoms with Gasteiger partial charge in [-0.15, -0.1) is 0 Å². The molecule has 0 aliphatic carbocycles. The molecule has 1 heterocycles. The summed E-state index contributed by atoms with van der Waals surface area (Å²) in [6.45, 7) is 3.18. The number of aryl methyl sites for hydroxylation is 1. The van der Waals surface area contributed by atoms with E-state index in [2.05, 4.69) is 60.8 Å². The molecule has 1 N–H and O–H groups in total. The Kier molecular flexibility index (Phi) is 3.75. The van der Waals surface area contributed by atoms with Crippen LogP contribution in [-0.2, 0) is 0 Å². The third-order valence-electron chi connectivity index (χ3n) is 4.23. The first-order chi connectivity index (χ1) is 9.79. The molecule has 0 bridgehead atoms. The van der Waals surface area contributed by atoms with Gasteiger partial charge in [0.2, 0.25) is 0 Å². The molecule has 2 nitrogen and oxygen atoms in total. The number of hydrogen-bond acceptors (Lipinski definition) is 2. The molecule has 104 valence electrons. The van der Waals surface area contributed by atoms with Crippen molar-refractivity contribution in [1.29, 1.82) is 0 Å². The van der Waals surface area contributed by atoms with E-state index < -0.39 is 0 Å². The number of benzene rings is 2. The lowest BCUT2D eigenvalue weighted by atomic mass is 9.87. The Hall–Kier alpha value is -1.80. The molecule has 0 aromatic heterocycles. The predicted molar refractivity (Wildman–Crippen MR) is 82.3 cm³/mol. The Morgan fingerprint density at radius 1 is 1.05 bits per heavy atom. The van der Waals surface area contributed by atoms with Crippen molar-refractivity contribution in [3.63, 3.8) is 0 Å². The first-order valence-electron chi connectivity index (χ1n) is 7.22. The van der Waals surface area contributed by atoms with Crippen LogP contribution in [0.2, 0.25) is 0 Å². The number of hydrogen-bond donors (Lipinski definition) is 1. The van der Waals surface area contributed by atoms with Gasteiger partial charge in [-0.25, -0.2) is 0 Å². The zero-order chi connectivity index (χ0) is 13.9. The zero-order valence-electron chi connectivity index (χ0n) is 12.1. The summed E-state index contributed by atoms with van der Waals surface area (Å²) in [7, 11) is 1.72. The van der Waals surface area contributed by atoms with Gasteiger partial charge in [-0.3, -0.25) is 0 Å². The predicted octanol–water partition coefficient (Wildman–Crippen LogP) is 3.82. The molecule has 2 atom stereocenters. The lowest BCUT2D eigenvalue weighted by Gasteiger charge is -2.21. The van der Waals surface area contributed by atoms with E-state index in [4.69, 9.17) is 4.74 Å².